The minimum atomic E-state index is -1.15. The molecule has 0 saturated heterocycles. The zero-order chi connectivity index (χ0) is 58.9. The zero-order valence-corrected chi connectivity index (χ0v) is 56.3. The topological polar surface area (TPSA) is 83.1 Å². The molecule has 0 aromatic heterocycles. The largest absolute Gasteiger partial charge is 0.329 e. The summed E-state index contributed by atoms with van der Waals surface area (Å²) in [5.74, 6) is -2.30. The lowest BCUT2D eigenvalue weighted by Gasteiger charge is -2.37. The molecule has 0 spiro atoms. The molecule has 9 nitrogen and oxygen atoms in total. The molecule has 0 N–H and O–H groups in total. The van der Waals surface area contributed by atoms with Crippen LogP contribution in [0, 0.1) is 0 Å². The number of hydrogen-bond acceptors (Lipinski definition) is 9. The molecule has 0 aliphatic heterocycles. The summed E-state index contributed by atoms with van der Waals surface area (Å²) < 4.78 is 61.6. The molecule has 0 aromatic rings. The fraction of sp³-hybridized carbons (Fsp3) is 1.00. The molecule has 0 saturated carbocycles. The summed E-state index contributed by atoms with van der Waals surface area (Å²) >= 11 is 0. The van der Waals surface area contributed by atoms with Crippen molar-refractivity contribution in [2.24, 2.45) is 0 Å². The second kappa shape index (κ2) is 65.6. The Morgan fingerprint density at radius 3 is 0.654 bits per heavy atom. The maximum Gasteiger partial charge on any atom is 0.285 e. The van der Waals surface area contributed by atoms with Crippen molar-refractivity contribution >= 4 is 0 Å². The van der Waals surface area contributed by atoms with Gasteiger partial charge in [0, 0.05) is 12.8 Å². The standard InChI is InChI=1S/C72H146O9/c1-9-17-25-33-39-45-51-59-69(80-71(61-53-31-23-15-7,76-63-55-47-41-35-27-19-11-3)77-64-56-48-42-36-28-20-12-4)74-67-73-68-75-70(60-52-46-40-34-26-18-10-2)81-72(62-54-32-24-16-8,78-65-57-49-43-37-29-21-13-5)79-66-58-50-44-38-30-22-14-6/h69-70H,9-68H2,1-8H3. The molecule has 0 rings (SSSR count). The molecule has 9 heteroatoms. The zero-order valence-electron chi connectivity index (χ0n) is 56.3. The highest BCUT2D eigenvalue weighted by atomic mass is 16.9. The average Bonchev–Trinajstić information content (AvgIpc) is 3.47. The van der Waals surface area contributed by atoms with E-state index < -0.39 is 24.5 Å². The van der Waals surface area contributed by atoms with Gasteiger partial charge >= 0.3 is 0 Å². The normalized spacial score (nSPS) is 13.0. The van der Waals surface area contributed by atoms with Crippen LogP contribution in [-0.4, -0.2) is 64.5 Å². The van der Waals surface area contributed by atoms with Gasteiger partial charge in [-0.2, -0.15) is 0 Å². The van der Waals surface area contributed by atoms with Gasteiger partial charge in [-0.1, -0.05) is 325 Å². The second-order valence-corrected chi connectivity index (χ2v) is 24.6. The number of ether oxygens (including phenoxy) is 9. The van der Waals surface area contributed by atoms with Crippen molar-refractivity contribution in [3.05, 3.63) is 0 Å². The molecular weight excluding hydrogens is 1010 g/mol. The van der Waals surface area contributed by atoms with Gasteiger partial charge in [0.25, 0.3) is 11.9 Å². The van der Waals surface area contributed by atoms with Crippen LogP contribution < -0.4 is 0 Å². The van der Waals surface area contributed by atoms with Gasteiger partial charge in [-0.25, -0.2) is 0 Å². The highest BCUT2D eigenvalue weighted by Gasteiger charge is 2.38. The van der Waals surface area contributed by atoms with E-state index in [-0.39, 0.29) is 13.6 Å². The van der Waals surface area contributed by atoms with Gasteiger partial charge in [0.05, 0.1) is 26.4 Å². The van der Waals surface area contributed by atoms with Gasteiger partial charge in [0.1, 0.15) is 0 Å². The lowest BCUT2D eigenvalue weighted by atomic mass is 10.1. The molecule has 0 aliphatic carbocycles. The Morgan fingerprint density at radius 2 is 0.420 bits per heavy atom. The third-order valence-corrected chi connectivity index (χ3v) is 16.3. The molecule has 0 bridgehead atoms. The Hall–Kier alpha value is -0.360. The van der Waals surface area contributed by atoms with E-state index in [1.54, 1.807) is 0 Å². The molecular formula is C72H146O9. The van der Waals surface area contributed by atoms with Gasteiger partial charge < -0.3 is 33.2 Å². The van der Waals surface area contributed by atoms with Crippen LogP contribution in [0.1, 0.15) is 402 Å². The van der Waals surface area contributed by atoms with Crippen molar-refractivity contribution in [2.45, 2.75) is 427 Å². The molecule has 0 heterocycles. The van der Waals surface area contributed by atoms with Crippen LogP contribution in [-0.2, 0) is 42.6 Å². The van der Waals surface area contributed by atoms with Crippen LogP contribution in [0.25, 0.3) is 0 Å². The molecule has 0 radical (unpaired) electrons. The van der Waals surface area contributed by atoms with Crippen LogP contribution in [0.5, 0.6) is 0 Å². The lowest BCUT2D eigenvalue weighted by Crippen LogP contribution is -2.44. The Morgan fingerprint density at radius 1 is 0.222 bits per heavy atom. The van der Waals surface area contributed by atoms with Gasteiger partial charge in [-0.05, 0) is 64.2 Å². The maximum atomic E-state index is 7.14. The van der Waals surface area contributed by atoms with E-state index in [2.05, 4.69) is 55.4 Å². The summed E-state index contributed by atoms with van der Waals surface area (Å²) in [6.07, 6.45) is 62.5. The summed E-state index contributed by atoms with van der Waals surface area (Å²) in [6, 6.07) is 0. The van der Waals surface area contributed by atoms with E-state index in [1.807, 2.05) is 0 Å². The summed E-state index contributed by atoms with van der Waals surface area (Å²) in [7, 11) is 0. The van der Waals surface area contributed by atoms with Crippen LogP contribution in [0.15, 0.2) is 0 Å². The fourth-order valence-electron chi connectivity index (χ4n) is 10.9. The molecule has 0 amide bonds. The highest BCUT2D eigenvalue weighted by molar-refractivity contribution is 4.66. The second-order valence-electron chi connectivity index (χ2n) is 24.6. The van der Waals surface area contributed by atoms with Crippen molar-refractivity contribution in [3.63, 3.8) is 0 Å². The first-order valence-electron chi connectivity index (χ1n) is 36.7. The van der Waals surface area contributed by atoms with E-state index in [9.17, 15) is 0 Å². The number of unbranched alkanes of at least 4 members (excludes halogenated alkanes) is 42. The van der Waals surface area contributed by atoms with Crippen molar-refractivity contribution < 1.29 is 42.6 Å². The fourth-order valence-corrected chi connectivity index (χ4v) is 10.9. The first-order valence-corrected chi connectivity index (χ1v) is 36.7. The summed E-state index contributed by atoms with van der Waals surface area (Å²) in [6.45, 7) is 20.9. The number of hydrogen-bond donors (Lipinski definition) is 0. The quantitative estimate of drug-likeness (QED) is 0.0437. The van der Waals surface area contributed by atoms with Crippen LogP contribution >= 0.6 is 0 Å². The molecule has 0 aromatic carbocycles. The monoisotopic (exact) mass is 1160 g/mol. The third-order valence-electron chi connectivity index (χ3n) is 16.3. The Kier molecular flexibility index (Phi) is 65.3. The minimum Gasteiger partial charge on any atom is -0.329 e. The first-order chi connectivity index (χ1) is 39.9. The van der Waals surface area contributed by atoms with E-state index in [0.717, 1.165) is 89.9 Å². The van der Waals surface area contributed by atoms with Gasteiger partial charge in [0.2, 0.25) is 0 Å². The smallest absolute Gasteiger partial charge is 0.285 e. The maximum absolute atomic E-state index is 7.14. The summed E-state index contributed by atoms with van der Waals surface area (Å²) in [5.41, 5.74) is 0. The van der Waals surface area contributed by atoms with Crippen LogP contribution in [0.4, 0.5) is 0 Å². The first kappa shape index (κ1) is 80.6. The van der Waals surface area contributed by atoms with E-state index in [0.29, 0.717) is 39.3 Å². The van der Waals surface area contributed by atoms with Gasteiger partial charge in [-0.3, -0.25) is 9.47 Å². The van der Waals surface area contributed by atoms with Crippen molar-refractivity contribution in [3.8, 4) is 0 Å². The molecule has 2 unspecified atom stereocenters. The molecule has 2 atom stereocenters. The Labute approximate surface area is 507 Å². The molecule has 0 fully saturated rings. The third kappa shape index (κ3) is 54.7. The van der Waals surface area contributed by atoms with E-state index in [4.69, 9.17) is 42.6 Å². The molecule has 0 aliphatic rings. The summed E-state index contributed by atoms with van der Waals surface area (Å²) in [5, 5.41) is 0. The van der Waals surface area contributed by atoms with E-state index in [1.165, 1.54) is 244 Å². The molecule has 81 heavy (non-hydrogen) atoms. The van der Waals surface area contributed by atoms with Crippen molar-refractivity contribution in [2.75, 3.05) is 40.0 Å². The van der Waals surface area contributed by atoms with Gasteiger partial charge in [-0.15, -0.1) is 0 Å². The lowest BCUT2D eigenvalue weighted by molar-refractivity contribution is -0.432. The Bertz CT molecular complexity index is 1030. The predicted octanol–water partition coefficient (Wildman–Crippen LogP) is 24.2. The predicted molar refractivity (Wildman–Crippen MR) is 347 cm³/mol. The summed E-state index contributed by atoms with van der Waals surface area (Å²) in [4.78, 5) is 0. The minimum absolute atomic E-state index is 0.0401. The van der Waals surface area contributed by atoms with Crippen molar-refractivity contribution in [1.29, 1.82) is 0 Å². The SMILES string of the molecule is CCCCCCCCCOC(CCCCCC)(OCCCCCCCCC)OC(CCCCCCCCC)OCOCOC(CCCCCCCCC)OC(CCCCCC)(OCCCCCCCCC)OCCCCCCCCC. The van der Waals surface area contributed by atoms with Crippen LogP contribution in [0.2, 0.25) is 0 Å². The van der Waals surface area contributed by atoms with Crippen molar-refractivity contribution in [1.82, 2.24) is 0 Å². The van der Waals surface area contributed by atoms with Gasteiger partial charge in [0.15, 0.2) is 26.2 Å². The molecule has 488 valence electrons. The van der Waals surface area contributed by atoms with E-state index >= 15 is 0 Å². The Balaban J connectivity index is 6.64. The number of rotatable bonds is 72. The average molecular weight is 1160 g/mol. The highest BCUT2D eigenvalue weighted by Crippen LogP contribution is 2.32. The van der Waals surface area contributed by atoms with Crippen LogP contribution in [0.3, 0.4) is 0 Å².